The summed E-state index contributed by atoms with van der Waals surface area (Å²) in [5.41, 5.74) is 10.7. The molecule has 7 nitrogen and oxygen atoms in total. The van der Waals surface area contributed by atoms with E-state index in [0.29, 0.717) is 11.5 Å². The van der Waals surface area contributed by atoms with Crippen molar-refractivity contribution in [3.8, 4) is 11.1 Å². The molecule has 0 bridgehead atoms. The minimum Gasteiger partial charge on any atom is -0.444 e. The van der Waals surface area contributed by atoms with Gasteiger partial charge in [0.2, 0.25) is 0 Å². The van der Waals surface area contributed by atoms with Gasteiger partial charge in [-0.25, -0.2) is 9.78 Å². The zero-order valence-corrected chi connectivity index (χ0v) is 18.2. The Morgan fingerprint density at radius 3 is 2.50 bits per heavy atom. The molecular weight excluding hydrogens is 402 g/mol. The predicted molar refractivity (Wildman–Crippen MR) is 129 cm³/mol. The number of nitrogens with one attached hydrogen (secondary N) is 2. The molecule has 2 aromatic carbocycles. The number of nitrogen functional groups attached to an aromatic ring is 1. The monoisotopic (exact) mass is 427 g/mol. The molecular formula is C25H25N5O2. The van der Waals surface area contributed by atoms with Gasteiger partial charge in [-0.05, 0) is 79.9 Å². The number of nitrogens with zero attached hydrogens (tertiary/aromatic N) is 2. The van der Waals surface area contributed by atoms with Crippen LogP contribution >= 0.6 is 0 Å². The van der Waals surface area contributed by atoms with Gasteiger partial charge in [-0.15, -0.1) is 0 Å². The standard InChI is InChI=1S/C25H25N5O2/c1-25(2,3)32-24(31)28-19-8-4-16(5-9-19)6-11-21-20-10-7-17(14-22(20)30-29-21)18-12-13-27-23(26)15-18/h4-15H,1-3H3,(H2,26,27)(H,28,31)(H,29,30). The van der Waals surface area contributed by atoms with Crippen molar-refractivity contribution in [3.63, 3.8) is 0 Å². The Hall–Kier alpha value is -4.13. The van der Waals surface area contributed by atoms with Crippen LogP contribution in [-0.4, -0.2) is 26.9 Å². The average Bonchev–Trinajstić information content (AvgIpc) is 3.14. The third-order valence-electron chi connectivity index (χ3n) is 4.70. The number of hydrogen-bond donors (Lipinski definition) is 3. The summed E-state index contributed by atoms with van der Waals surface area (Å²) in [7, 11) is 0. The van der Waals surface area contributed by atoms with Crippen molar-refractivity contribution >= 4 is 40.7 Å². The van der Waals surface area contributed by atoms with Crippen molar-refractivity contribution in [2.75, 3.05) is 11.1 Å². The number of carbonyl (C=O) groups is 1. The summed E-state index contributed by atoms with van der Waals surface area (Å²) in [6, 6.07) is 17.4. The number of aromatic nitrogens is 3. The minimum atomic E-state index is -0.536. The first-order valence-electron chi connectivity index (χ1n) is 10.2. The van der Waals surface area contributed by atoms with E-state index in [4.69, 9.17) is 10.5 Å². The quantitative estimate of drug-likeness (QED) is 0.386. The largest absolute Gasteiger partial charge is 0.444 e. The van der Waals surface area contributed by atoms with E-state index in [-0.39, 0.29) is 0 Å². The molecule has 1 amide bonds. The maximum Gasteiger partial charge on any atom is 0.412 e. The normalized spacial score (nSPS) is 11.7. The molecule has 0 saturated carbocycles. The molecule has 0 spiro atoms. The molecule has 0 radical (unpaired) electrons. The van der Waals surface area contributed by atoms with Gasteiger partial charge in [-0.2, -0.15) is 5.10 Å². The van der Waals surface area contributed by atoms with E-state index >= 15 is 0 Å². The number of ether oxygens (including phenoxy) is 1. The maximum absolute atomic E-state index is 11.9. The molecule has 2 heterocycles. The first kappa shape index (κ1) is 21.1. The molecule has 4 aromatic rings. The fourth-order valence-electron chi connectivity index (χ4n) is 3.25. The van der Waals surface area contributed by atoms with Gasteiger partial charge in [0.25, 0.3) is 0 Å². The molecule has 32 heavy (non-hydrogen) atoms. The zero-order valence-electron chi connectivity index (χ0n) is 18.2. The molecule has 0 unspecified atom stereocenters. The molecule has 0 fully saturated rings. The Kier molecular flexibility index (Phi) is 5.64. The Bertz CT molecular complexity index is 1280. The summed E-state index contributed by atoms with van der Waals surface area (Å²) < 4.78 is 5.27. The van der Waals surface area contributed by atoms with Crippen molar-refractivity contribution < 1.29 is 9.53 Å². The number of pyridine rings is 1. The van der Waals surface area contributed by atoms with Crippen LogP contribution in [0.4, 0.5) is 16.3 Å². The average molecular weight is 428 g/mol. The molecule has 0 saturated heterocycles. The molecule has 0 aliphatic carbocycles. The summed E-state index contributed by atoms with van der Waals surface area (Å²) in [5.74, 6) is 0.489. The molecule has 4 N–H and O–H groups in total. The number of H-pyrrole nitrogens is 1. The van der Waals surface area contributed by atoms with Gasteiger partial charge in [-0.1, -0.05) is 24.3 Å². The molecule has 0 aliphatic rings. The first-order chi connectivity index (χ1) is 15.3. The van der Waals surface area contributed by atoms with E-state index in [9.17, 15) is 4.79 Å². The lowest BCUT2D eigenvalue weighted by molar-refractivity contribution is 0.0636. The van der Waals surface area contributed by atoms with Gasteiger partial charge in [0.15, 0.2) is 0 Å². The second kappa shape index (κ2) is 8.55. The Morgan fingerprint density at radius 2 is 1.78 bits per heavy atom. The number of rotatable bonds is 4. The summed E-state index contributed by atoms with van der Waals surface area (Å²) in [6.07, 6.45) is 5.16. The van der Waals surface area contributed by atoms with E-state index in [1.807, 2.05) is 87.5 Å². The van der Waals surface area contributed by atoms with Crippen LogP contribution in [0.2, 0.25) is 0 Å². The molecule has 162 valence electrons. The fraction of sp³-hybridized carbons (Fsp3) is 0.160. The van der Waals surface area contributed by atoms with Crippen molar-refractivity contribution in [2.24, 2.45) is 0 Å². The van der Waals surface area contributed by atoms with Crippen molar-refractivity contribution in [3.05, 3.63) is 72.1 Å². The number of amides is 1. The molecule has 4 rings (SSSR count). The molecule has 0 aliphatic heterocycles. The lowest BCUT2D eigenvalue weighted by atomic mass is 10.0. The van der Waals surface area contributed by atoms with E-state index < -0.39 is 11.7 Å². The van der Waals surface area contributed by atoms with Crippen molar-refractivity contribution in [2.45, 2.75) is 26.4 Å². The zero-order chi connectivity index (χ0) is 22.7. The topological polar surface area (TPSA) is 106 Å². The van der Waals surface area contributed by atoms with E-state index in [2.05, 4.69) is 20.5 Å². The highest BCUT2D eigenvalue weighted by Gasteiger charge is 2.16. The maximum atomic E-state index is 11.9. The molecule has 2 aromatic heterocycles. The number of fused-ring (bicyclic) bond motifs is 1. The van der Waals surface area contributed by atoms with Gasteiger partial charge >= 0.3 is 6.09 Å². The van der Waals surface area contributed by atoms with Crippen LogP contribution in [0, 0.1) is 0 Å². The van der Waals surface area contributed by atoms with Crippen molar-refractivity contribution in [1.29, 1.82) is 0 Å². The number of hydrogen-bond acceptors (Lipinski definition) is 5. The molecule has 7 heteroatoms. The number of anilines is 2. The Labute approximate surface area is 186 Å². The Morgan fingerprint density at radius 1 is 1.03 bits per heavy atom. The van der Waals surface area contributed by atoms with E-state index in [1.165, 1.54) is 0 Å². The Balaban J connectivity index is 1.47. The number of nitrogens with two attached hydrogens (primary N) is 1. The van der Waals surface area contributed by atoms with Crippen LogP contribution in [0.15, 0.2) is 60.8 Å². The highest BCUT2D eigenvalue weighted by Crippen LogP contribution is 2.26. The third-order valence-corrected chi connectivity index (χ3v) is 4.70. The summed E-state index contributed by atoms with van der Waals surface area (Å²) in [5, 5.41) is 11.3. The van der Waals surface area contributed by atoms with Crippen molar-refractivity contribution in [1.82, 2.24) is 15.2 Å². The summed E-state index contributed by atoms with van der Waals surface area (Å²) in [4.78, 5) is 15.9. The second-order valence-corrected chi connectivity index (χ2v) is 8.42. The van der Waals surface area contributed by atoms with Crippen LogP contribution in [0.25, 0.3) is 34.2 Å². The SMILES string of the molecule is CC(C)(C)OC(=O)Nc1ccc(C=Cc2n[nH]c3cc(-c4ccnc(N)c4)ccc23)cc1. The number of benzene rings is 2. The fourth-order valence-corrected chi connectivity index (χ4v) is 3.25. The first-order valence-corrected chi connectivity index (χ1v) is 10.2. The third kappa shape index (κ3) is 5.13. The van der Waals surface area contributed by atoms with E-state index in [1.54, 1.807) is 6.20 Å². The lowest BCUT2D eigenvalue weighted by Crippen LogP contribution is -2.27. The van der Waals surface area contributed by atoms with E-state index in [0.717, 1.165) is 33.3 Å². The molecule has 0 atom stereocenters. The van der Waals surface area contributed by atoms with Crippen LogP contribution in [0.3, 0.4) is 0 Å². The predicted octanol–water partition coefficient (Wildman–Crippen LogP) is 5.72. The highest BCUT2D eigenvalue weighted by molar-refractivity contribution is 5.92. The van der Waals surface area contributed by atoms with Crippen LogP contribution in [-0.2, 0) is 4.74 Å². The minimum absolute atomic E-state index is 0.474. The van der Waals surface area contributed by atoms with Crippen LogP contribution in [0.5, 0.6) is 0 Å². The summed E-state index contributed by atoms with van der Waals surface area (Å²) >= 11 is 0. The van der Waals surface area contributed by atoms with Gasteiger partial charge in [0.1, 0.15) is 11.4 Å². The number of aromatic amines is 1. The second-order valence-electron chi connectivity index (χ2n) is 8.42. The lowest BCUT2D eigenvalue weighted by Gasteiger charge is -2.19. The highest BCUT2D eigenvalue weighted by atomic mass is 16.6. The van der Waals surface area contributed by atoms with Gasteiger partial charge in [0.05, 0.1) is 11.2 Å². The van der Waals surface area contributed by atoms with Crippen LogP contribution < -0.4 is 11.1 Å². The van der Waals surface area contributed by atoms with Gasteiger partial charge in [0, 0.05) is 17.3 Å². The smallest absolute Gasteiger partial charge is 0.412 e. The summed E-state index contributed by atoms with van der Waals surface area (Å²) in [6.45, 7) is 5.49. The van der Waals surface area contributed by atoms with Gasteiger partial charge in [-0.3, -0.25) is 10.4 Å². The van der Waals surface area contributed by atoms with Gasteiger partial charge < -0.3 is 10.5 Å². The van der Waals surface area contributed by atoms with Crippen LogP contribution in [0.1, 0.15) is 32.0 Å². The number of carbonyl (C=O) groups excluding carboxylic acids is 1.